The highest BCUT2D eigenvalue weighted by molar-refractivity contribution is 14.0. The molecule has 0 spiro atoms. The molecule has 2 fully saturated rings. The zero-order valence-electron chi connectivity index (χ0n) is 20.8. The number of nitrogens with one attached hydrogen (secondary N) is 2. The summed E-state index contributed by atoms with van der Waals surface area (Å²) in [5, 5.41) is 7.02. The van der Waals surface area contributed by atoms with Gasteiger partial charge in [-0.2, -0.15) is 0 Å². The minimum absolute atomic E-state index is 0. The fourth-order valence-corrected chi connectivity index (χ4v) is 4.27. The molecule has 0 amide bonds. The number of rotatable bonds is 10. The Bertz CT molecular complexity index is 722. The average molecular weight is 575 g/mol. The second-order valence-corrected chi connectivity index (χ2v) is 8.86. The minimum Gasteiger partial charge on any atom is -0.490 e. The lowest BCUT2D eigenvalue weighted by Gasteiger charge is -2.37. The second-order valence-electron chi connectivity index (χ2n) is 8.86. The van der Waals surface area contributed by atoms with E-state index >= 15 is 0 Å². The molecule has 33 heavy (non-hydrogen) atoms. The van der Waals surface area contributed by atoms with Gasteiger partial charge in [0.1, 0.15) is 5.75 Å². The highest BCUT2D eigenvalue weighted by atomic mass is 127. The van der Waals surface area contributed by atoms with Gasteiger partial charge in [-0.15, -0.1) is 24.0 Å². The summed E-state index contributed by atoms with van der Waals surface area (Å²) in [6.07, 6.45) is 2.29. The molecule has 1 aromatic carbocycles. The molecule has 188 valence electrons. The molecule has 3 unspecified atom stereocenters. The molecule has 7 nitrogen and oxygen atoms in total. The van der Waals surface area contributed by atoms with Crippen LogP contribution in [0.5, 0.6) is 5.75 Å². The number of halogens is 1. The number of aliphatic imine (C=N–C) groups is 1. The van der Waals surface area contributed by atoms with Crippen molar-refractivity contribution in [1.82, 2.24) is 15.5 Å². The summed E-state index contributed by atoms with van der Waals surface area (Å²) in [6, 6.07) is 6.80. The van der Waals surface area contributed by atoms with Crippen molar-refractivity contribution in [1.29, 1.82) is 0 Å². The lowest BCUT2D eigenvalue weighted by molar-refractivity contribution is 0.00246. The first-order valence-electron chi connectivity index (χ1n) is 12.3. The zero-order valence-corrected chi connectivity index (χ0v) is 23.1. The number of benzene rings is 1. The summed E-state index contributed by atoms with van der Waals surface area (Å²) in [5.41, 5.74) is 2.32. The molecule has 3 atom stereocenters. The maximum atomic E-state index is 6.17. The molecule has 0 saturated carbocycles. The number of guanidine groups is 1. The molecule has 3 rings (SSSR count). The standard InChI is InChI=1S/C25H42N4O3.HI/c1-5-20(4)32-24-15-19(3)7-8-21(24)16-27-25(26-6-2)28-17-23(22-9-12-31-18-22)29-10-13-30-14-11-29;/h7-8,15,20,22-23H,5-6,9-14,16-18H2,1-4H3,(H2,26,27,28);1H. The Morgan fingerprint density at radius 3 is 2.64 bits per heavy atom. The first kappa shape index (κ1) is 28.1. The Kier molecular flexibility index (Phi) is 12.8. The van der Waals surface area contributed by atoms with Gasteiger partial charge >= 0.3 is 0 Å². The van der Waals surface area contributed by atoms with Crippen LogP contribution in [0.3, 0.4) is 0 Å². The highest BCUT2D eigenvalue weighted by Gasteiger charge is 2.31. The van der Waals surface area contributed by atoms with E-state index in [1.54, 1.807) is 0 Å². The van der Waals surface area contributed by atoms with E-state index in [1.165, 1.54) is 5.56 Å². The van der Waals surface area contributed by atoms with Gasteiger partial charge in [0.05, 0.1) is 32.5 Å². The molecule has 8 heteroatoms. The van der Waals surface area contributed by atoms with E-state index in [0.29, 0.717) is 18.5 Å². The van der Waals surface area contributed by atoms with Crippen LogP contribution in [0.2, 0.25) is 0 Å². The molecular weight excluding hydrogens is 531 g/mol. The second kappa shape index (κ2) is 15.0. The zero-order chi connectivity index (χ0) is 22.8. The van der Waals surface area contributed by atoms with E-state index in [2.05, 4.69) is 61.4 Å². The van der Waals surface area contributed by atoms with Gasteiger partial charge in [-0.1, -0.05) is 19.1 Å². The number of morpholine rings is 1. The largest absolute Gasteiger partial charge is 0.490 e. The van der Waals surface area contributed by atoms with Gasteiger partial charge < -0.3 is 24.8 Å². The van der Waals surface area contributed by atoms with Crippen LogP contribution in [0.1, 0.15) is 44.7 Å². The Labute approximate surface area is 217 Å². The molecule has 2 aliphatic heterocycles. The third-order valence-electron chi connectivity index (χ3n) is 6.38. The number of nitrogens with zero attached hydrogens (tertiary/aromatic N) is 2. The number of hydrogen-bond acceptors (Lipinski definition) is 5. The molecule has 2 aliphatic rings. The van der Waals surface area contributed by atoms with E-state index in [4.69, 9.17) is 19.2 Å². The third-order valence-corrected chi connectivity index (χ3v) is 6.38. The quantitative estimate of drug-likeness (QED) is 0.253. The SMILES string of the molecule is CCNC(=NCc1ccc(C)cc1OC(C)CC)NCC(C1CCOC1)N1CCOCC1.I. The molecular formula is C25H43IN4O3. The Hall–Kier alpha value is -1.10. The maximum absolute atomic E-state index is 6.17. The van der Waals surface area contributed by atoms with Crippen LogP contribution in [0.4, 0.5) is 0 Å². The lowest BCUT2D eigenvalue weighted by atomic mass is 9.97. The minimum atomic E-state index is 0. The van der Waals surface area contributed by atoms with Crippen molar-refractivity contribution in [3.8, 4) is 5.75 Å². The number of aryl methyl sites for hydroxylation is 1. The van der Waals surface area contributed by atoms with Crippen molar-refractivity contribution in [2.75, 3.05) is 52.6 Å². The van der Waals surface area contributed by atoms with Gasteiger partial charge in [0.2, 0.25) is 0 Å². The summed E-state index contributed by atoms with van der Waals surface area (Å²) in [4.78, 5) is 7.44. The van der Waals surface area contributed by atoms with Gasteiger partial charge in [0.25, 0.3) is 0 Å². The van der Waals surface area contributed by atoms with Crippen molar-refractivity contribution in [3.05, 3.63) is 29.3 Å². The molecule has 0 bridgehead atoms. The third kappa shape index (κ3) is 8.88. The maximum Gasteiger partial charge on any atom is 0.191 e. The van der Waals surface area contributed by atoms with Gasteiger partial charge in [0.15, 0.2) is 5.96 Å². The van der Waals surface area contributed by atoms with Crippen molar-refractivity contribution in [2.24, 2.45) is 10.9 Å². The van der Waals surface area contributed by atoms with E-state index in [9.17, 15) is 0 Å². The predicted octanol–water partition coefficient (Wildman–Crippen LogP) is 3.58. The van der Waals surface area contributed by atoms with Crippen molar-refractivity contribution < 1.29 is 14.2 Å². The van der Waals surface area contributed by atoms with Crippen LogP contribution in [-0.2, 0) is 16.0 Å². The van der Waals surface area contributed by atoms with Crippen LogP contribution in [-0.4, -0.2) is 75.6 Å². The first-order valence-corrected chi connectivity index (χ1v) is 12.3. The molecule has 2 heterocycles. The van der Waals surface area contributed by atoms with Crippen molar-refractivity contribution in [2.45, 2.75) is 59.2 Å². The van der Waals surface area contributed by atoms with Gasteiger partial charge in [-0.25, -0.2) is 4.99 Å². The predicted molar refractivity (Wildman–Crippen MR) is 145 cm³/mol. The Morgan fingerprint density at radius 1 is 1.18 bits per heavy atom. The first-order chi connectivity index (χ1) is 15.6. The van der Waals surface area contributed by atoms with Gasteiger partial charge in [0, 0.05) is 50.3 Å². The van der Waals surface area contributed by atoms with Crippen LogP contribution in [0, 0.1) is 12.8 Å². The normalized spacial score (nSPS) is 21.2. The summed E-state index contributed by atoms with van der Waals surface area (Å²) in [6.45, 7) is 16.0. The van der Waals surface area contributed by atoms with E-state index < -0.39 is 0 Å². The Balaban J connectivity index is 0.00000385. The van der Waals surface area contributed by atoms with Crippen LogP contribution >= 0.6 is 24.0 Å². The summed E-state index contributed by atoms with van der Waals surface area (Å²) in [7, 11) is 0. The number of hydrogen-bond donors (Lipinski definition) is 2. The fraction of sp³-hybridized carbons (Fsp3) is 0.720. The fourth-order valence-electron chi connectivity index (χ4n) is 4.27. The molecule has 2 N–H and O–H groups in total. The monoisotopic (exact) mass is 574 g/mol. The smallest absolute Gasteiger partial charge is 0.191 e. The van der Waals surface area contributed by atoms with E-state index in [0.717, 1.165) is 82.7 Å². The number of ether oxygens (including phenoxy) is 3. The summed E-state index contributed by atoms with van der Waals surface area (Å²) in [5.74, 6) is 2.34. The lowest BCUT2D eigenvalue weighted by Crippen LogP contribution is -2.53. The molecule has 2 saturated heterocycles. The van der Waals surface area contributed by atoms with Gasteiger partial charge in [-0.3, -0.25) is 4.90 Å². The van der Waals surface area contributed by atoms with Crippen LogP contribution in [0.25, 0.3) is 0 Å². The Morgan fingerprint density at radius 2 is 1.97 bits per heavy atom. The van der Waals surface area contributed by atoms with E-state index in [-0.39, 0.29) is 30.1 Å². The summed E-state index contributed by atoms with van der Waals surface area (Å²) < 4.78 is 17.5. The van der Waals surface area contributed by atoms with Crippen LogP contribution < -0.4 is 15.4 Å². The van der Waals surface area contributed by atoms with Crippen LogP contribution in [0.15, 0.2) is 23.2 Å². The average Bonchev–Trinajstić information content (AvgIpc) is 3.33. The highest BCUT2D eigenvalue weighted by Crippen LogP contribution is 2.24. The molecule has 0 aromatic heterocycles. The van der Waals surface area contributed by atoms with Gasteiger partial charge in [-0.05, 0) is 45.2 Å². The molecule has 0 aliphatic carbocycles. The molecule has 1 aromatic rings. The van der Waals surface area contributed by atoms with E-state index in [1.807, 2.05) is 0 Å². The van der Waals surface area contributed by atoms with Crippen molar-refractivity contribution in [3.63, 3.8) is 0 Å². The molecule has 0 radical (unpaired) electrons. The topological polar surface area (TPSA) is 67.4 Å². The summed E-state index contributed by atoms with van der Waals surface area (Å²) >= 11 is 0. The van der Waals surface area contributed by atoms with Crippen molar-refractivity contribution >= 4 is 29.9 Å².